The average molecular weight is 410 g/mol. The topological polar surface area (TPSA) is 84.3 Å². The average Bonchev–Trinajstić information content (AvgIpc) is 2.70. The Morgan fingerprint density at radius 3 is 2.34 bits per heavy atom. The van der Waals surface area contributed by atoms with E-state index in [1.807, 2.05) is 61.5 Å². The van der Waals surface area contributed by atoms with Gasteiger partial charge in [0, 0.05) is 11.1 Å². The van der Waals surface area contributed by atoms with Crippen molar-refractivity contribution in [3.05, 3.63) is 105 Å². The first-order valence-corrected chi connectivity index (χ1v) is 9.40. The van der Waals surface area contributed by atoms with Gasteiger partial charge in [0.2, 0.25) is 5.91 Å². The van der Waals surface area contributed by atoms with Crippen LogP contribution in [0.2, 0.25) is 5.02 Å². The first-order valence-electron chi connectivity index (χ1n) is 9.03. The monoisotopic (exact) mass is 409 g/mol. The fourth-order valence-corrected chi connectivity index (χ4v) is 3.16. The van der Waals surface area contributed by atoms with Crippen molar-refractivity contribution in [2.75, 3.05) is 11.9 Å². The molecular weight excluding hydrogens is 390 g/mol. The third kappa shape index (κ3) is 5.40. The van der Waals surface area contributed by atoms with E-state index in [0.29, 0.717) is 5.02 Å². The summed E-state index contributed by atoms with van der Waals surface area (Å²) in [5.74, 6) is -0.400. The van der Waals surface area contributed by atoms with E-state index in [-0.39, 0.29) is 24.0 Å². The molecule has 0 unspecified atom stereocenters. The number of nitro groups is 1. The van der Waals surface area contributed by atoms with Crippen LogP contribution in [0.1, 0.15) is 22.7 Å². The number of amides is 1. The van der Waals surface area contributed by atoms with Crippen LogP contribution < -0.4 is 10.6 Å². The van der Waals surface area contributed by atoms with Gasteiger partial charge in [0.1, 0.15) is 5.69 Å². The third-order valence-corrected chi connectivity index (χ3v) is 4.67. The summed E-state index contributed by atoms with van der Waals surface area (Å²) in [5, 5.41) is 17.3. The molecule has 0 aliphatic heterocycles. The van der Waals surface area contributed by atoms with Crippen molar-refractivity contribution < 1.29 is 9.72 Å². The zero-order valence-corrected chi connectivity index (χ0v) is 16.5. The molecule has 148 valence electrons. The maximum absolute atomic E-state index is 12.5. The molecule has 0 aliphatic rings. The quantitative estimate of drug-likeness (QED) is 0.430. The number of aryl methyl sites for hydroxylation is 1. The lowest BCUT2D eigenvalue weighted by molar-refractivity contribution is -0.383. The fourth-order valence-electron chi connectivity index (χ4n) is 2.99. The van der Waals surface area contributed by atoms with Crippen molar-refractivity contribution in [2.24, 2.45) is 0 Å². The Labute approximate surface area is 173 Å². The second kappa shape index (κ2) is 9.32. The molecule has 7 heteroatoms. The van der Waals surface area contributed by atoms with Gasteiger partial charge in [0.15, 0.2) is 0 Å². The highest BCUT2D eigenvalue weighted by molar-refractivity contribution is 6.31. The lowest BCUT2D eigenvalue weighted by Gasteiger charge is -2.20. The lowest BCUT2D eigenvalue weighted by Crippen LogP contribution is -2.32. The number of hydrogen-bond donors (Lipinski definition) is 2. The van der Waals surface area contributed by atoms with Gasteiger partial charge in [0.05, 0.1) is 17.5 Å². The molecule has 0 aliphatic carbocycles. The number of hydrogen-bond acceptors (Lipinski definition) is 4. The van der Waals surface area contributed by atoms with Crippen LogP contribution in [-0.4, -0.2) is 17.4 Å². The number of halogens is 1. The second-order valence-corrected chi connectivity index (χ2v) is 7.04. The predicted octanol–water partition coefficient (Wildman–Crippen LogP) is 4.87. The molecular formula is C22H20ClN3O3. The van der Waals surface area contributed by atoms with Crippen molar-refractivity contribution in [1.29, 1.82) is 0 Å². The van der Waals surface area contributed by atoms with Crippen molar-refractivity contribution in [2.45, 2.75) is 13.0 Å². The SMILES string of the molecule is Cc1ccc([C@@H](NCC(=O)Nc2cc(Cl)ccc2[N+](=O)[O-])c2ccccc2)cc1. The Bertz CT molecular complexity index is 1010. The standard InChI is InChI=1S/C22H20ClN3O3/c1-15-7-9-17(10-8-15)22(16-5-3-2-4-6-16)24-14-21(27)25-19-13-18(23)11-12-20(19)26(28)29/h2-13,22,24H,14H2,1H3,(H,25,27)/t22-/m0/s1. The minimum atomic E-state index is -0.557. The van der Waals surface area contributed by atoms with Crippen molar-refractivity contribution in [3.8, 4) is 0 Å². The van der Waals surface area contributed by atoms with Gasteiger partial charge in [-0.15, -0.1) is 0 Å². The van der Waals surface area contributed by atoms with E-state index < -0.39 is 10.8 Å². The van der Waals surface area contributed by atoms with Crippen LogP contribution in [0.5, 0.6) is 0 Å². The van der Waals surface area contributed by atoms with Crippen molar-refractivity contribution in [1.82, 2.24) is 5.32 Å². The summed E-state index contributed by atoms with van der Waals surface area (Å²) in [6.07, 6.45) is 0. The first kappa shape index (κ1) is 20.5. The molecule has 6 nitrogen and oxygen atoms in total. The van der Waals surface area contributed by atoms with Crippen LogP contribution in [0.4, 0.5) is 11.4 Å². The molecule has 1 amide bonds. The van der Waals surface area contributed by atoms with Crippen LogP contribution in [0.15, 0.2) is 72.8 Å². The molecule has 1 atom stereocenters. The van der Waals surface area contributed by atoms with Gasteiger partial charge >= 0.3 is 0 Å². The maximum Gasteiger partial charge on any atom is 0.292 e. The zero-order valence-electron chi connectivity index (χ0n) is 15.8. The van der Waals surface area contributed by atoms with Crippen LogP contribution in [-0.2, 0) is 4.79 Å². The van der Waals surface area contributed by atoms with Crippen LogP contribution >= 0.6 is 11.6 Å². The summed E-state index contributed by atoms with van der Waals surface area (Å²) in [6, 6.07) is 21.7. The third-order valence-electron chi connectivity index (χ3n) is 4.44. The van der Waals surface area contributed by atoms with Gasteiger partial charge in [-0.2, -0.15) is 0 Å². The molecule has 0 saturated heterocycles. The number of nitrogens with zero attached hydrogens (tertiary/aromatic N) is 1. The number of nitro benzene ring substituents is 1. The van der Waals surface area contributed by atoms with Crippen LogP contribution in [0, 0.1) is 17.0 Å². The number of rotatable bonds is 7. The van der Waals surface area contributed by atoms with E-state index in [2.05, 4.69) is 10.6 Å². The molecule has 3 rings (SSSR count). The minimum Gasteiger partial charge on any atom is -0.319 e. The van der Waals surface area contributed by atoms with Gasteiger partial charge in [0.25, 0.3) is 5.69 Å². The molecule has 0 bridgehead atoms. The number of carbonyl (C=O) groups excluding carboxylic acids is 1. The Morgan fingerprint density at radius 2 is 1.69 bits per heavy atom. The summed E-state index contributed by atoms with van der Waals surface area (Å²) in [7, 11) is 0. The second-order valence-electron chi connectivity index (χ2n) is 6.60. The van der Waals surface area contributed by atoms with Crippen LogP contribution in [0.25, 0.3) is 0 Å². The maximum atomic E-state index is 12.5. The van der Waals surface area contributed by atoms with E-state index in [9.17, 15) is 14.9 Å². The largest absolute Gasteiger partial charge is 0.319 e. The molecule has 3 aromatic rings. The van der Waals surface area contributed by atoms with Gasteiger partial charge in [-0.25, -0.2) is 0 Å². The summed E-state index contributed by atoms with van der Waals surface area (Å²) in [4.78, 5) is 23.1. The van der Waals surface area contributed by atoms with Crippen LogP contribution in [0.3, 0.4) is 0 Å². The van der Waals surface area contributed by atoms with E-state index >= 15 is 0 Å². The molecule has 0 radical (unpaired) electrons. The van der Waals surface area contributed by atoms with Gasteiger partial charge in [-0.1, -0.05) is 71.8 Å². The van der Waals surface area contributed by atoms with E-state index in [1.54, 1.807) is 0 Å². The first-order chi connectivity index (χ1) is 13.9. The molecule has 2 N–H and O–H groups in total. The van der Waals surface area contributed by atoms with E-state index in [0.717, 1.165) is 16.7 Å². The normalized spacial score (nSPS) is 11.7. The fraction of sp³-hybridized carbons (Fsp3) is 0.136. The van der Waals surface area contributed by atoms with Gasteiger partial charge < -0.3 is 5.32 Å². The molecule has 29 heavy (non-hydrogen) atoms. The van der Waals surface area contributed by atoms with Crippen molar-refractivity contribution >= 4 is 28.9 Å². The Balaban J connectivity index is 1.76. The summed E-state index contributed by atoms with van der Waals surface area (Å²) < 4.78 is 0. The van der Waals surface area contributed by atoms with Gasteiger partial charge in [-0.3, -0.25) is 20.2 Å². The number of benzene rings is 3. The van der Waals surface area contributed by atoms with Crippen molar-refractivity contribution in [3.63, 3.8) is 0 Å². The number of anilines is 1. The zero-order chi connectivity index (χ0) is 20.8. The van der Waals surface area contributed by atoms with E-state index in [4.69, 9.17) is 11.6 Å². The number of carbonyl (C=O) groups is 1. The predicted molar refractivity (Wildman–Crippen MR) is 114 cm³/mol. The highest BCUT2D eigenvalue weighted by Gasteiger charge is 2.18. The highest BCUT2D eigenvalue weighted by Crippen LogP contribution is 2.27. The number of nitrogens with one attached hydrogen (secondary N) is 2. The molecule has 0 heterocycles. The highest BCUT2D eigenvalue weighted by atomic mass is 35.5. The smallest absolute Gasteiger partial charge is 0.292 e. The Morgan fingerprint density at radius 1 is 1.03 bits per heavy atom. The molecule has 0 fully saturated rings. The van der Waals surface area contributed by atoms with E-state index in [1.165, 1.54) is 18.2 Å². The summed E-state index contributed by atoms with van der Waals surface area (Å²) in [6.45, 7) is 1.98. The molecule has 0 saturated carbocycles. The molecule has 0 aromatic heterocycles. The van der Waals surface area contributed by atoms with Gasteiger partial charge in [-0.05, 0) is 30.2 Å². The molecule has 3 aromatic carbocycles. The minimum absolute atomic E-state index is 0.0306. The summed E-state index contributed by atoms with van der Waals surface area (Å²) >= 11 is 5.92. The Hall–Kier alpha value is -3.22. The summed E-state index contributed by atoms with van der Waals surface area (Å²) in [5.41, 5.74) is 3.04. The molecule has 0 spiro atoms. The lowest BCUT2D eigenvalue weighted by atomic mass is 9.98. The Kier molecular flexibility index (Phi) is 6.59.